The van der Waals surface area contributed by atoms with Crippen LogP contribution in [0.5, 0.6) is 5.88 Å². The summed E-state index contributed by atoms with van der Waals surface area (Å²) in [7, 11) is 1.59. The molecule has 1 saturated carbocycles. The molecule has 3 rings (SSSR count). The molecule has 114 valence electrons. The molecule has 1 aliphatic rings. The molecule has 4 heteroatoms. The summed E-state index contributed by atoms with van der Waals surface area (Å²) in [4.78, 5) is 16.8. The number of hydrogen-bond donors (Lipinski definition) is 1. The van der Waals surface area contributed by atoms with Crippen LogP contribution in [-0.4, -0.2) is 18.0 Å². The minimum atomic E-state index is -0.346. The summed E-state index contributed by atoms with van der Waals surface area (Å²) >= 11 is 0. The van der Waals surface area contributed by atoms with Gasteiger partial charge in [0.15, 0.2) is 0 Å². The van der Waals surface area contributed by atoms with Crippen LogP contribution in [0.15, 0.2) is 48.7 Å². The van der Waals surface area contributed by atoms with E-state index in [9.17, 15) is 4.79 Å². The number of carbonyl (C=O) groups excluding carboxylic acids is 1. The highest BCUT2D eigenvalue weighted by molar-refractivity contribution is 5.89. The van der Waals surface area contributed by atoms with Crippen molar-refractivity contribution in [1.29, 1.82) is 0 Å². The van der Waals surface area contributed by atoms with Crippen molar-refractivity contribution < 1.29 is 9.53 Å². The molecule has 0 atom stereocenters. The monoisotopic (exact) mass is 296 g/mol. The number of nitrogens with zero attached hydrogens (tertiary/aromatic N) is 1. The number of rotatable bonds is 5. The normalized spacial score (nSPS) is 15.7. The number of pyridine rings is 1. The molecule has 22 heavy (non-hydrogen) atoms. The topological polar surface area (TPSA) is 51.2 Å². The molecule has 1 aliphatic carbocycles. The zero-order valence-electron chi connectivity index (χ0n) is 12.7. The number of benzene rings is 1. The second-order valence-corrected chi connectivity index (χ2v) is 5.69. The maximum atomic E-state index is 12.7. The summed E-state index contributed by atoms with van der Waals surface area (Å²) in [5, 5.41) is 3.06. The first kappa shape index (κ1) is 14.6. The average molecular weight is 296 g/mol. The van der Waals surface area contributed by atoms with E-state index in [-0.39, 0.29) is 11.3 Å². The van der Waals surface area contributed by atoms with Crippen LogP contribution in [0.4, 0.5) is 0 Å². The second kappa shape index (κ2) is 6.18. The van der Waals surface area contributed by atoms with Gasteiger partial charge in [0.25, 0.3) is 0 Å². The molecule has 1 fully saturated rings. The lowest BCUT2D eigenvalue weighted by atomic mass is 9.64. The number of carbonyl (C=O) groups is 1. The van der Waals surface area contributed by atoms with Crippen LogP contribution in [0.3, 0.4) is 0 Å². The third kappa shape index (κ3) is 2.69. The molecule has 1 heterocycles. The fourth-order valence-corrected chi connectivity index (χ4v) is 2.92. The molecular weight excluding hydrogens is 276 g/mol. The van der Waals surface area contributed by atoms with Gasteiger partial charge in [-0.25, -0.2) is 4.98 Å². The Hall–Kier alpha value is -2.36. The van der Waals surface area contributed by atoms with E-state index in [1.54, 1.807) is 19.4 Å². The summed E-state index contributed by atoms with van der Waals surface area (Å²) in [5.41, 5.74) is 1.74. The Labute approximate surface area is 130 Å². The predicted octanol–water partition coefficient (Wildman–Crippen LogP) is 2.83. The van der Waals surface area contributed by atoms with Crippen LogP contribution in [0, 0.1) is 0 Å². The largest absolute Gasteiger partial charge is 0.481 e. The highest BCUT2D eigenvalue weighted by atomic mass is 16.5. The van der Waals surface area contributed by atoms with Crippen molar-refractivity contribution >= 4 is 5.91 Å². The molecule has 1 amide bonds. The van der Waals surface area contributed by atoms with E-state index < -0.39 is 0 Å². The summed E-state index contributed by atoms with van der Waals surface area (Å²) in [6, 6.07) is 13.8. The van der Waals surface area contributed by atoms with Crippen molar-refractivity contribution in [2.24, 2.45) is 0 Å². The first-order valence-corrected chi connectivity index (χ1v) is 7.57. The molecule has 0 saturated heterocycles. The van der Waals surface area contributed by atoms with Gasteiger partial charge in [0.2, 0.25) is 11.8 Å². The van der Waals surface area contributed by atoms with Crippen LogP contribution >= 0.6 is 0 Å². The predicted molar refractivity (Wildman–Crippen MR) is 84.6 cm³/mol. The Morgan fingerprint density at radius 2 is 2.00 bits per heavy atom. The maximum Gasteiger partial charge on any atom is 0.230 e. The van der Waals surface area contributed by atoms with Crippen molar-refractivity contribution in [2.45, 2.75) is 31.2 Å². The Bertz CT molecular complexity index is 634. The number of ether oxygens (including phenoxy) is 1. The smallest absolute Gasteiger partial charge is 0.230 e. The number of hydrogen-bond acceptors (Lipinski definition) is 3. The van der Waals surface area contributed by atoms with Crippen molar-refractivity contribution in [2.75, 3.05) is 7.11 Å². The van der Waals surface area contributed by atoms with Gasteiger partial charge in [-0.05, 0) is 24.0 Å². The molecule has 0 bridgehead atoms. The average Bonchev–Trinajstić information content (AvgIpc) is 2.53. The molecule has 0 spiro atoms. The van der Waals surface area contributed by atoms with Gasteiger partial charge in [0, 0.05) is 18.8 Å². The fourth-order valence-electron chi connectivity index (χ4n) is 2.92. The van der Waals surface area contributed by atoms with E-state index in [1.807, 2.05) is 36.4 Å². The van der Waals surface area contributed by atoms with E-state index >= 15 is 0 Å². The van der Waals surface area contributed by atoms with Crippen molar-refractivity contribution in [3.05, 3.63) is 59.8 Å². The lowest BCUT2D eigenvalue weighted by Crippen LogP contribution is -2.48. The van der Waals surface area contributed by atoms with Crippen LogP contribution in [-0.2, 0) is 16.8 Å². The van der Waals surface area contributed by atoms with Gasteiger partial charge in [0.1, 0.15) is 0 Å². The molecule has 1 aromatic carbocycles. The maximum absolute atomic E-state index is 12.7. The van der Waals surface area contributed by atoms with E-state index in [4.69, 9.17) is 4.74 Å². The summed E-state index contributed by atoms with van der Waals surface area (Å²) in [6.45, 7) is 0.490. The van der Waals surface area contributed by atoms with Gasteiger partial charge in [-0.15, -0.1) is 0 Å². The summed E-state index contributed by atoms with van der Waals surface area (Å²) in [6.07, 6.45) is 4.68. The molecule has 1 aromatic heterocycles. The number of methoxy groups -OCH3 is 1. The Morgan fingerprint density at radius 1 is 1.23 bits per heavy atom. The van der Waals surface area contributed by atoms with Crippen LogP contribution < -0.4 is 10.1 Å². The Morgan fingerprint density at radius 3 is 2.55 bits per heavy atom. The third-order valence-corrected chi connectivity index (χ3v) is 4.43. The minimum absolute atomic E-state index is 0.112. The number of amides is 1. The zero-order chi connectivity index (χ0) is 15.4. The van der Waals surface area contributed by atoms with Gasteiger partial charge in [-0.3, -0.25) is 4.79 Å². The standard InChI is InChI=1S/C18H20N2O2/c1-22-16-9-8-14(12-19-16)13-20-17(21)18(10-5-11-18)15-6-3-2-4-7-15/h2-4,6-9,12H,5,10-11,13H2,1H3,(H,20,21). The number of aromatic nitrogens is 1. The molecule has 0 unspecified atom stereocenters. The molecule has 1 N–H and O–H groups in total. The molecule has 4 nitrogen and oxygen atoms in total. The first-order chi connectivity index (χ1) is 10.7. The summed E-state index contributed by atoms with van der Waals surface area (Å²) < 4.78 is 5.03. The fraction of sp³-hybridized carbons (Fsp3) is 0.333. The Balaban J connectivity index is 1.68. The highest BCUT2D eigenvalue weighted by Crippen LogP contribution is 2.43. The highest BCUT2D eigenvalue weighted by Gasteiger charge is 2.45. The number of nitrogens with one attached hydrogen (secondary N) is 1. The van der Waals surface area contributed by atoms with Crippen molar-refractivity contribution in [3.8, 4) is 5.88 Å². The van der Waals surface area contributed by atoms with Crippen molar-refractivity contribution in [1.82, 2.24) is 10.3 Å². The summed E-state index contributed by atoms with van der Waals surface area (Å²) in [5.74, 6) is 0.690. The Kier molecular flexibility index (Phi) is 4.09. The van der Waals surface area contributed by atoms with Crippen molar-refractivity contribution in [3.63, 3.8) is 0 Å². The van der Waals surface area contributed by atoms with Gasteiger partial charge in [-0.1, -0.05) is 42.8 Å². The van der Waals surface area contributed by atoms with Gasteiger partial charge in [-0.2, -0.15) is 0 Å². The van der Waals surface area contributed by atoms with E-state index in [0.717, 1.165) is 30.4 Å². The lowest BCUT2D eigenvalue weighted by Gasteiger charge is -2.40. The lowest BCUT2D eigenvalue weighted by molar-refractivity contribution is -0.130. The van der Waals surface area contributed by atoms with Crippen LogP contribution in [0.1, 0.15) is 30.4 Å². The SMILES string of the molecule is COc1ccc(CNC(=O)C2(c3ccccc3)CCC2)cn1. The molecule has 0 radical (unpaired) electrons. The minimum Gasteiger partial charge on any atom is -0.481 e. The molecule has 2 aromatic rings. The van der Waals surface area contributed by atoms with Gasteiger partial charge in [0.05, 0.1) is 12.5 Å². The van der Waals surface area contributed by atoms with Gasteiger partial charge >= 0.3 is 0 Å². The van der Waals surface area contributed by atoms with E-state index in [0.29, 0.717) is 12.4 Å². The van der Waals surface area contributed by atoms with E-state index in [2.05, 4.69) is 10.3 Å². The third-order valence-electron chi connectivity index (χ3n) is 4.43. The van der Waals surface area contributed by atoms with E-state index in [1.165, 1.54) is 0 Å². The molecular formula is C18H20N2O2. The first-order valence-electron chi connectivity index (χ1n) is 7.57. The molecule has 0 aliphatic heterocycles. The second-order valence-electron chi connectivity index (χ2n) is 5.69. The van der Waals surface area contributed by atoms with Crippen LogP contribution in [0.2, 0.25) is 0 Å². The quantitative estimate of drug-likeness (QED) is 0.923. The van der Waals surface area contributed by atoms with Crippen LogP contribution in [0.25, 0.3) is 0 Å². The van der Waals surface area contributed by atoms with Gasteiger partial charge < -0.3 is 10.1 Å². The zero-order valence-corrected chi connectivity index (χ0v) is 12.7.